The summed E-state index contributed by atoms with van der Waals surface area (Å²) in [6.45, 7) is 6.14. The van der Waals surface area contributed by atoms with Gasteiger partial charge in [0.05, 0.1) is 10.2 Å². The first-order valence-electron chi connectivity index (χ1n) is 7.83. The Labute approximate surface area is 153 Å². The first-order chi connectivity index (χ1) is 11.6. The Bertz CT molecular complexity index is 856. The lowest BCUT2D eigenvalue weighted by atomic mass is 10.2. The van der Waals surface area contributed by atoms with Gasteiger partial charge in [-0.1, -0.05) is 27.3 Å². The first-order valence-corrected chi connectivity index (χ1v) is 9.44. The lowest BCUT2D eigenvalue weighted by Crippen LogP contribution is -2.21. The molecule has 0 radical (unpaired) electrons. The Morgan fingerprint density at radius 1 is 1.17 bits per heavy atom. The quantitative estimate of drug-likeness (QED) is 0.639. The van der Waals surface area contributed by atoms with E-state index in [1.807, 2.05) is 42.5 Å². The van der Waals surface area contributed by atoms with Crippen molar-refractivity contribution >= 4 is 54.2 Å². The van der Waals surface area contributed by atoms with E-state index in [0.717, 1.165) is 33.5 Å². The van der Waals surface area contributed by atoms with Crippen LogP contribution in [0, 0.1) is 0 Å². The second-order valence-electron chi connectivity index (χ2n) is 5.30. The molecule has 0 spiro atoms. The highest BCUT2D eigenvalue weighted by molar-refractivity contribution is 9.10. The SMILES string of the molecule is CCN(CC)c1ccc(C(=O)Nc2nc3ccc(Br)cc3s2)cc1. The maximum atomic E-state index is 12.4. The van der Waals surface area contributed by atoms with Gasteiger partial charge < -0.3 is 4.90 Å². The molecular formula is C18H18BrN3OS. The Kier molecular flexibility index (Phi) is 5.16. The number of halogens is 1. The molecular weight excluding hydrogens is 386 g/mol. The maximum absolute atomic E-state index is 12.4. The number of fused-ring (bicyclic) bond motifs is 1. The summed E-state index contributed by atoms with van der Waals surface area (Å²) in [6, 6.07) is 13.6. The number of anilines is 2. The summed E-state index contributed by atoms with van der Waals surface area (Å²) in [4.78, 5) is 19.1. The summed E-state index contributed by atoms with van der Waals surface area (Å²) in [5.41, 5.74) is 2.64. The van der Waals surface area contributed by atoms with E-state index in [2.05, 4.69) is 45.0 Å². The van der Waals surface area contributed by atoms with Crippen LogP contribution < -0.4 is 10.2 Å². The van der Waals surface area contributed by atoms with Gasteiger partial charge in [-0.2, -0.15) is 0 Å². The van der Waals surface area contributed by atoms with Crippen molar-refractivity contribution in [3.8, 4) is 0 Å². The Morgan fingerprint density at radius 3 is 2.54 bits per heavy atom. The van der Waals surface area contributed by atoms with Gasteiger partial charge in [0, 0.05) is 28.8 Å². The third kappa shape index (κ3) is 3.60. The van der Waals surface area contributed by atoms with Crippen molar-refractivity contribution in [3.05, 3.63) is 52.5 Å². The molecule has 1 amide bonds. The zero-order valence-electron chi connectivity index (χ0n) is 13.5. The highest BCUT2D eigenvalue weighted by atomic mass is 79.9. The molecule has 0 bridgehead atoms. The van der Waals surface area contributed by atoms with Gasteiger partial charge in [-0.25, -0.2) is 4.98 Å². The fraction of sp³-hybridized carbons (Fsp3) is 0.222. The van der Waals surface area contributed by atoms with Crippen LogP contribution >= 0.6 is 27.3 Å². The van der Waals surface area contributed by atoms with Crippen LogP contribution in [0.2, 0.25) is 0 Å². The van der Waals surface area contributed by atoms with Crippen molar-refractivity contribution in [3.63, 3.8) is 0 Å². The van der Waals surface area contributed by atoms with Crippen molar-refractivity contribution in [2.75, 3.05) is 23.3 Å². The van der Waals surface area contributed by atoms with Crippen LogP contribution in [0.25, 0.3) is 10.2 Å². The highest BCUT2D eigenvalue weighted by Gasteiger charge is 2.11. The lowest BCUT2D eigenvalue weighted by Gasteiger charge is -2.20. The normalized spacial score (nSPS) is 10.8. The molecule has 3 aromatic rings. The number of carbonyl (C=O) groups excluding carboxylic acids is 1. The zero-order chi connectivity index (χ0) is 17.1. The number of rotatable bonds is 5. The van der Waals surface area contributed by atoms with Crippen LogP contribution in [-0.4, -0.2) is 24.0 Å². The first kappa shape index (κ1) is 16.9. The van der Waals surface area contributed by atoms with Crippen LogP contribution in [0.15, 0.2) is 46.9 Å². The second-order valence-corrected chi connectivity index (χ2v) is 7.25. The van der Waals surface area contributed by atoms with Gasteiger partial charge >= 0.3 is 0 Å². The van der Waals surface area contributed by atoms with Gasteiger partial charge in [-0.15, -0.1) is 0 Å². The van der Waals surface area contributed by atoms with Crippen molar-refractivity contribution in [2.24, 2.45) is 0 Å². The molecule has 2 aromatic carbocycles. The molecule has 1 N–H and O–H groups in total. The number of carbonyl (C=O) groups is 1. The molecule has 124 valence electrons. The van der Waals surface area contributed by atoms with Crippen LogP contribution in [0.3, 0.4) is 0 Å². The molecule has 0 fully saturated rings. The minimum absolute atomic E-state index is 0.140. The highest BCUT2D eigenvalue weighted by Crippen LogP contribution is 2.28. The monoisotopic (exact) mass is 403 g/mol. The van der Waals surface area contributed by atoms with E-state index in [9.17, 15) is 4.79 Å². The van der Waals surface area contributed by atoms with Gasteiger partial charge in [-0.3, -0.25) is 10.1 Å². The van der Waals surface area contributed by atoms with E-state index in [0.29, 0.717) is 10.7 Å². The van der Waals surface area contributed by atoms with Crippen molar-refractivity contribution in [2.45, 2.75) is 13.8 Å². The summed E-state index contributed by atoms with van der Waals surface area (Å²) in [5.74, 6) is -0.140. The number of hydrogen-bond donors (Lipinski definition) is 1. The molecule has 6 heteroatoms. The number of amides is 1. The fourth-order valence-corrected chi connectivity index (χ4v) is 3.95. The molecule has 0 aliphatic rings. The van der Waals surface area contributed by atoms with E-state index >= 15 is 0 Å². The van der Waals surface area contributed by atoms with Crippen LogP contribution in [0.5, 0.6) is 0 Å². The van der Waals surface area contributed by atoms with Gasteiger partial charge in [0.15, 0.2) is 5.13 Å². The Morgan fingerprint density at radius 2 is 1.88 bits per heavy atom. The standard InChI is InChI=1S/C18H18BrN3OS/c1-3-22(4-2)14-8-5-12(6-9-14)17(23)21-18-20-15-10-7-13(19)11-16(15)24-18/h5-11H,3-4H2,1-2H3,(H,20,21,23). The molecule has 4 nitrogen and oxygen atoms in total. The third-order valence-electron chi connectivity index (χ3n) is 3.83. The molecule has 1 aromatic heterocycles. The van der Waals surface area contributed by atoms with Crippen LogP contribution in [-0.2, 0) is 0 Å². The minimum atomic E-state index is -0.140. The molecule has 0 saturated carbocycles. The molecule has 3 rings (SSSR count). The summed E-state index contributed by atoms with van der Waals surface area (Å²) in [7, 11) is 0. The molecule has 24 heavy (non-hydrogen) atoms. The second kappa shape index (κ2) is 7.32. The van der Waals surface area contributed by atoms with Crippen molar-refractivity contribution < 1.29 is 4.79 Å². The van der Waals surface area contributed by atoms with Gasteiger partial charge in [0.2, 0.25) is 0 Å². The van der Waals surface area contributed by atoms with Crippen molar-refractivity contribution in [1.82, 2.24) is 4.98 Å². The minimum Gasteiger partial charge on any atom is -0.372 e. The van der Waals surface area contributed by atoms with E-state index < -0.39 is 0 Å². The van der Waals surface area contributed by atoms with E-state index in [-0.39, 0.29) is 5.91 Å². The fourth-order valence-electron chi connectivity index (χ4n) is 2.53. The summed E-state index contributed by atoms with van der Waals surface area (Å²) in [5, 5.41) is 3.50. The number of hydrogen-bond acceptors (Lipinski definition) is 4. The zero-order valence-corrected chi connectivity index (χ0v) is 15.9. The molecule has 0 unspecified atom stereocenters. The predicted molar refractivity (Wildman–Crippen MR) is 105 cm³/mol. The van der Waals surface area contributed by atoms with Crippen LogP contribution in [0.1, 0.15) is 24.2 Å². The van der Waals surface area contributed by atoms with E-state index in [4.69, 9.17) is 0 Å². The number of nitrogens with zero attached hydrogens (tertiary/aromatic N) is 2. The number of aromatic nitrogens is 1. The lowest BCUT2D eigenvalue weighted by molar-refractivity contribution is 0.102. The molecule has 0 atom stereocenters. The van der Waals surface area contributed by atoms with E-state index in [1.165, 1.54) is 11.3 Å². The average molecular weight is 404 g/mol. The van der Waals surface area contributed by atoms with Gasteiger partial charge in [-0.05, 0) is 56.3 Å². The van der Waals surface area contributed by atoms with Gasteiger partial charge in [0.1, 0.15) is 0 Å². The number of benzene rings is 2. The summed E-state index contributed by atoms with van der Waals surface area (Å²) < 4.78 is 2.04. The summed E-state index contributed by atoms with van der Waals surface area (Å²) in [6.07, 6.45) is 0. The topological polar surface area (TPSA) is 45.2 Å². The summed E-state index contributed by atoms with van der Waals surface area (Å²) >= 11 is 4.92. The molecule has 0 aliphatic heterocycles. The third-order valence-corrected chi connectivity index (χ3v) is 5.26. The molecule has 1 heterocycles. The molecule has 0 saturated heterocycles. The van der Waals surface area contributed by atoms with Crippen molar-refractivity contribution in [1.29, 1.82) is 0 Å². The van der Waals surface area contributed by atoms with Gasteiger partial charge in [0.25, 0.3) is 5.91 Å². The Balaban J connectivity index is 1.76. The average Bonchev–Trinajstić information content (AvgIpc) is 2.97. The Hall–Kier alpha value is -1.92. The number of thiazole rings is 1. The van der Waals surface area contributed by atoms with Crippen LogP contribution in [0.4, 0.5) is 10.8 Å². The predicted octanol–water partition coefficient (Wildman–Crippen LogP) is 5.16. The smallest absolute Gasteiger partial charge is 0.257 e. The largest absolute Gasteiger partial charge is 0.372 e. The number of nitrogens with one attached hydrogen (secondary N) is 1. The van der Waals surface area contributed by atoms with E-state index in [1.54, 1.807) is 0 Å². The molecule has 0 aliphatic carbocycles. The maximum Gasteiger partial charge on any atom is 0.257 e.